The SMILES string of the molecule is CCC(CC)n1ccc(CC(N)CSC2CCCCC2)n1. The van der Waals surface area contributed by atoms with Gasteiger partial charge >= 0.3 is 0 Å². The van der Waals surface area contributed by atoms with Crippen LogP contribution in [0.4, 0.5) is 0 Å². The van der Waals surface area contributed by atoms with E-state index in [-0.39, 0.29) is 6.04 Å². The Balaban J connectivity index is 1.75. The molecule has 2 rings (SSSR count). The van der Waals surface area contributed by atoms with Crippen molar-refractivity contribution in [1.29, 1.82) is 0 Å². The number of hydrogen-bond acceptors (Lipinski definition) is 3. The molecule has 0 spiro atoms. The molecular weight excluding hydrogens is 278 g/mol. The molecule has 1 atom stereocenters. The summed E-state index contributed by atoms with van der Waals surface area (Å²) in [4.78, 5) is 0. The molecule has 0 aliphatic heterocycles. The normalized spacial score (nSPS) is 18.3. The predicted molar refractivity (Wildman–Crippen MR) is 92.9 cm³/mol. The molecule has 1 aliphatic rings. The zero-order valence-electron chi connectivity index (χ0n) is 13.6. The third-order valence-corrected chi connectivity index (χ3v) is 6.11. The van der Waals surface area contributed by atoms with Crippen molar-refractivity contribution in [2.24, 2.45) is 5.73 Å². The maximum atomic E-state index is 6.30. The molecule has 2 N–H and O–H groups in total. The lowest BCUT2D eigenvalue weighted by Gasteiger charge is -2.22. The third kappa shape index (κ3) is 5.33. The number of nitrogens with zero attached hydrogens (tertiary/aromatic N) is 2. The lowest BCUT2D eigenvalue weighted by Crippen LogP contribution is -2.27. The van der Waals surface area contributed by atoms with Gasteiger partial charge in [0, 0.05) is 29.7 Å². The summed E-state index contributed by atoms with van der Waals surface area (Å²) < 4.78 is 2.12. The van der Waals surface area contributed by atoms with E-state index in [0.717, 1.165) is 36.0 Å². The van der Waals surface area contributed by atoms with Gasteiger partial charge in [-0.1, -0.05) is 33.1 Å². The van der Waals surface area contributed by atoms with E-state index in [4.69, 9.17) is 10.8 Å². The van der Waals surface area contributed by atoms with Crippen LogP contribution in [0.3, 0.4) is 0 Å². The molecule has 0 saturated heterocycles. The molecule has 1 fully saturated rings. The smallest absolute Gasteiger partial charge is 0.0640 e. The van der Waals surface area contributed by atoms with Crippen molar-refractivity contribution in [3.63, 3.8) is 0 Å². The van der Waals surface area contributed by atoms with Crippen LogP contribution in [0, 0.1) is 0 Å². The maximum Gasteiger partial charge on any atom is 0.0640 e. The van der Waals surface area contributed by atoms with Gasteiger partial charge in [0.25, 0.3) is 0 Å². The highest BCUT2D eigenvalue weighted by Crippen LogP contribution is 2.28. The first kappa shape index (κ1) is 16.9. The molecule has 4 heteroatoms. The minimum absolute atomic E-state index is 0.238. The van der Waals surface area contributed by atoms with Crippen molar-refractivity contribution < 1.29 is 0 Å². The topological polar surface area (TPSA) is 43.8 Å². The predicted octanol–water partition coefficient (Wildman–Crippen LogP) is 4.18. The van der Waals surface area contributed by atoms with Crippen molar-refractivity contribution in [2.45, 2.75) is 82.5 Å². The van der Waals surface area contributed by atoms with Crippen LogP contribution in [0.15, 0.2) is 12.3 Å². The molecule has 120 valence electrons. The number of hydrogen-bond donors (Lipinski definition) is 1. The Morgan fingerprint density at radius 3 is 2.67 bits per heavy atom. The Morgan fingerprint density at radius 2 is 2.00 bits per heavy atom. The average molecular weight is 310 g/mol. The molecule has 1 aromatic rings. The van der Waals surface area contributed by atoms with Crippen LogP contribution in [-0.4, -0.2) is 26.8 Å². The van der Waals surface area contributed by atoms with Crippen LogP contribution in [-0.2, 0) is 6.42 Å². The van der Waals surface area contributed by atoms with Crippen LogP contribution in [0.5, 0.6) is 0 Å². The van der Waals surface area contributed by atoms with Crippen molar-refractivity contribution in [1.82, 2.24) is 9.78 Å². The third-order valence-electron chi connectivity index (χ3n) is 4.55. The molecule has 0 amide bonds. The molecule has 1 unspecified atom stereocenters. The lowest BCUT2D eigenvalue weighted by atomic mass is 10.0. The summed E-state index contributed by atoms with van der Waals surface area (Å²) in [6.45, 7) is 4.45. The molecular formula is C17H31N3S. The molecule has 1 heterocycles. The van der Waals surface area contributed by atoms with Crippen LogP contribution in [0.25, 0.3) is 0 Å². The molecule has 21 heavy (non-hydrogen) atoms. The Bertz CT molecular complexity index is 394. The van der Waals surface area contributed by atoms with Crippen LogP contribution in [0.2, 0.25) is 0 Å². The second kappa shape index (κ2) is 8.84. The number of rotatable bonds is 8. The summed E-state index contributed by atoms with van der Waals surface area (Å²) in [7, 11) is 0. The first-order valence-electron chi connectivity index (χ1n) is 8.64. The first-order valence-corrected chi connectivity index (χ1v) is 9.69. The monoisotopic (exact) mass is 309 g/mol. The molecule has 0 aromatic carbocycles. The highest BCUT2D eigenvalue weighted by atomic mass is 32.2. The number of thioether (sulfide) groups is 1. The number of aromatic nitrogens is 2. The van der Waals surface area contributed by atoms with E-state index in [1.54, 1.807) is 0 Å². The van der Waals surface area contributed by atoms with E-state index >= 15 is 0 Å². The lowest BCUT2D eigenvalue weighted by molar-refractivity contribution is 0.424. The fourth-order valence-electron chi connectivity index (χ4n) is 3.17. The van der Waals surface area contributed by atoms with E-state index < -0.39 is 0 Å². The minimum Gasteiger partial charge on any atom is -0.327 e. The minimum atomic E-state index is 0.238. The van der Waals surface area contributed by atoms with E-state index in [2.05, 4.69) is 42.6 Å². The van der Waals surface area contributed by atoms with E-state index in [1.165, 1.54) is 32.1 Å². The van der Waals surface area contributed by atoms with Crippen LogP contribution in [0.1, 0.15) is 70.5 Å². The van der Waals surface area contributed by atoms with Gasteiger partial charge in [0.05, 0.1) is 11.7 Å². The fourth-order valence-corrected chi connectivity index (χ4v) is 4.48. The molecule has 1 aliphatic carbocycles. The van der Waals surface area contributed by atoms with E-state index in [9.17, 15) is 0 Å². The Labute approximate surface area is 134 Å². The quantitative estimate of drug-likeness (QED) is 0.783. The van der Waals surface area contributed by atoms with Crippen LogP contribution >= 0.6 is 11.8 Å². The Kier molecular flexibility index (Phi) is 7.11. The molecule has 1 aromatic heterocycles. The number of nitrogens with two attached hydrogens (primary N) is 1. The summed E-state index contributed by atoms with van der Waals surface area (Å²) in [5, 5.41) is 5.57. The van der Waals surface area contributed by atoms with Crippen LogP contribution < -0.4 is 5.73 Å². The summed E-state index contributed by atoms with van der Waals surface area (Å²) in [6, 6.07) is 2.91. The summed E-state index contributed by atoms with van der Waals surface area (Å²) >= 11 is 2.09. The highest BCUT2D eigenvalue weighted by molar-refractivity contribution is 7.99. The first-order chi connectivity index (χ1) is 10.2. The van der Waals surface area contributed by atoms with Gasteiger partial charge in [0.1, 0.15) is 0 Å². The van der Waals surface area contributed by atoms with Gasteiger partial charge in [-0.05, 0) is 31.7 Å². The molecule has 0 radical (unpaired) electrons. The molecule has 0 bridgehead atoms. The van der Waals surface area contributed by atoms with Gasteiger partial charge < -0.3 is 5.73 Å². The highest BCUT2D eigenvalue weighted by Gasteiger charge is 2.16. The molecule has 3 nitrogen and oxygen atoms in total. The van der Waals surface area contributed by atoms with Gasteiger partial charge in [0.15, 0.2) is 0 Å². The van der Waals surface area contributed by atoms with Gasteiger partial charge in [0.2, 0.25) is 0 Å². The van der Waals surface area contributed by atoms with Crippen molar-refractivity contribution in [3.8, 4) is 0 Å². The van der Waals surface area contributed by atoms with E-state index in [0.29, 0.717) is 6.04 Å². The zero-order valence-corrected chi connectivity index (χ0v) is 14.4. The van der Waals surface area contributed by atoms with Gasteiger partial charge in [-0.25, -0.2) is 0 Å². The second-order valence-electron chi connectivity index (χ2n) is 6.31. The average Bonchev–Trinajstić information content (AvgIpc) is 2.96. The molecule has 1 saturated carbocycles. The second-order valence-corrected chi connectivity index (χ2v) is 7.65. The van der Waals surface area contributed by atoms with Gasteiger partial charge in [-0.15, -0.1) is 0 Å². The summed E-state index contributed by atoms with van der Waals surface area (Å²) in [6.07, 6.45) is 12.3. The van der Waals surface area contributed by atoms with Crippen molar-refractivity contribution in [2.75, 3.05) is 5.75 Å². The summed E-state index contributed by atoms with van der Waals surface area (Å²) in [5.74, 6) is 1.07. The Morgan fingerprint density at radius 1 is 1.29 bits per heavy atom. The Hall–Kier alpha value is -0.480. The van der Waals surface area contributed by atoms with Crippen molar-refractivity contribution in [3.05, 3.63) is 18.0 Å². The van der Waals surface area contributed by atoms with Gasteiger partial charge in [-0.3, -0.25) is 4.68 Å². The standard InChI is InChI=1S/C17H31N3S/c1-3-16(4-2)20-11-10-15(19-20)12-14(18)13-21-17-8-6-5-7-9-17/h10-11,14,16-17H,3-9,12-13,18H2,1-2H3. The van der Waals surface area contributed by atoms with Crippen molar-refractivity contribution >= 4 is 11.8 Å². The maximum absolute atomic E-state index is 6.30. The zero-order chi connectivity index (χ0) is 15.1. The van der Waals surface area contributed by atoms with E-state index in [1.807, 2.05) is 0 Å². The fraction of sp³-hybridized carbons (Fsp3) is 0.824. The van der Waals surface area contributed by atoms with Gasteiger partial charge in [-0.2, -0.15) is 16.9 Å². The summed E-state index contributed by atoms with van der Waals surface area (Å²) in [5.41, 5.74) is 7.45. The largest absolute Gasteiger partial charge is 0.327 e.